The van der Waals surface area contributed by atoms with Gasteiger partial charge in [-0.15, -0.1) is 0 Å². The molecule has 0 aliphatic rings. The van der Waals surface area contributed by atoms with Crippen LogP contribution in [0, 0.1) is 0 Å². The van der Waals surface area contributed by atoms with Crippen LogP contribution >= 0.6 is 11.6 Å². The van der Waals surface area contributed by atoms with Gasteiger partial charge in [-0.1, -0.05) is 23.7 Å². The summed E-state index contributed by atoms with van der Waals surface area (Å²) in [6, 6.07) is 9.95. The lowest BCUT2D eigenvalue weighted by Gasteiger charge is -2.08. The largest absolute Gasteiger partial charge is 0.497 e. The van der Waals surface area contributed by atoms with E-state index in [1.54, 1.807) is 13.3 Å². The zero-order valence-corrected chi connectivity index (χ0v) is 14.4. The zero-order valence-electron chi connectivity index (χ0n) is 13.7. The van der Waals surface area contributed by atoms with E-state index in [0.717, 1.165) is 27.9 Å². The first kappa shape index (κ1) is 16.8. The number of halogens is 1. The molecule has 126 valence electrons. The highest BCUT2D eigenvalue weighted by molar-refractivity contribution is 6.36. The maximum absolute atomic E-state index is 6.47. The molecule has 2 heterocycles. The Morgan fingerprint density at radius 2 is 1.92 bits per heavy atom. The van der Waals surface area contributed by atoms with E-state index in [1.165, 1.54) is 0 Å². The van der Waals surface area contributed by atoms with Crippen LogP contribution in [-0.4, -0.2) is 23.3 Å². The van der Waals surface area contributed by atoms with E-state index < -0.39 is 0 Å². The average molecular weight is 347 g/mol. The third-order valence-electron chi connectivity index (χ3n) is 3.72. The zero-order chi connectivity index (χ0) is 16.9. The first-order valence-corrected chi connectivity index (χ1v) is 8.10. The van der Waals surface area contributed by atoms with E-state index in [4.69, 9.17) is 26.1 Å². The predicted octanol–water partition coefficient (Wildman–Crippen LogP) is 4.21. The molecule has 0 spiro atoms. The van der Waals surface area contributed by atoms with Gasteiger partial charge in [-0.2, -0.15) is 0 Å². The summed E-state index contributed by atoms with van der Waals surface area (Å²) in [7, 11) is 1.66. The Kier molecular flexibility index (Phi) is 5.35. The number of nitrogens with zero attached hydrogens (tertiary/aromatic N) is 2. The molecule has 0 amide bonds. The van der Waals surface area contributed by atoms with Gasteiger partial charge in [0.05, 0.1) is 18.7 Å². The quantitative estimate of drug-likeness (QED) is 0.365. The SMILES string of the molecule is CCOOCc1cnc2c(ccn2Cc2ccc(OC)cc2)c1Cl. The van der Waals surface area contributed by atoms with Gasteiger partial charge in [-0.3, -0.25) is 0 Å². The number of pyridine rings is 1. The second-order valence-electron chi connectivity index (χ2n) is 5.30. The van der Waals surface area contributed by atoms with Crippen molar-refractivity contribution in [3.05, 3.63) is 58.9 Å². The van der Waals surface area contributed by atoms with E-state index in [2.05, 4.69) is 9.55 Å². The lowest BCUT2D eigenvalue weighted by molar-refractivity contribution is -0.300. The highest BCUT2D eigenvalue weighted by Crippen LogP contribution is 2.27. The van der Waals surface area contributed by atoms with Crippen molar-refractivity contribution in [2.45, 2.75) is 20.1 Å². The lowest BCUT2D eigenvalue weighted by atomic mass is 10.2. The van der Waals surface area contributed by atoms with Crippen LogP contribution in [0.3, 0.4) is 0 Å². The van der Waals surface area contributed by atoms with Gasteiger partial charge in [0.2, 0.25) is 0 Å². The molecule has 5 nitrogen and oxygen atoms in total. The van der Waals surface area contributed by atoms with Gasteiger partial charge < -0.3 is 9.30 Å². The number of methoxy groups -OCH3 is 1. The predicted molar refractivity (Wildman–Crippen MR) is 93.3 cm³/mol. The van der Waals surface area contributed by atoms with E-state index in [-0.39, 0.29) is 6.61 Å². The van der Waals surface area contributed by atoms with Crippen molar-refractivity contribution in [1.82, 2.24) is 9.55 Å². The summed E-state index contributed by atoms with van der Waals surface area (Å²) in [5, 5.41) is 1.55. The van der Waals surface area contributed by atoms with Gasteiger partial charge in [-0.25, -0.2) is 14.8 Å². The second-order valence-corrected chi connectivity index (χ2v) is 5.67. The summed E-state index contributed by atoms with van der Waals surface area (Å²) < 4.78 is 7.25. The van der Waals surface area contributed by atoms with Crippen molar-refractivity contribution >= 4 is 22.6 Å². The third-order valence-corrected chi connectivity index (χ3v) is 4.17. The molecule has 0 N–H and O–H groups in total. The van der Waals surface area contributed by atoms with Gasteiger partial charge in [0, 0.05) is 29.9 Å². The Morgan fingerprint density at radius 3 is 2.62 bits per heavy atom. The molecule has 0 aliphatic heterocycles. The average Bonchev–Trinajstić information content (AvgIpc) is 3.01. The molecular formula is C18H19ClN2O3. The molecule has 0 fully saturated rings. The van der Waals surface area contributed by atoms with Crippen molar-refractivity contribution < 1.29 is 14.5 Å². The smallest absolute Gasteiger partial charge is 0.141 e. The van der Waals surface area contributed by atoms with E-state index in [0.29, 0.717) is 18.2 Å². The highest BCUT2D eigenvalue weighted by atomic mass is 35.5. The monoisotopic (exact) mass is 346 g/mol. The molecule has 2 aromatic heterocycles. The topological polar surface area (TPSA) is 45.5 Å². The molecule has 3 rings (SSSR count). The minimum Gasteiger partial charge on any atom is -0.497 e. The molecule has 1 aromatic carbocycles. The number of rotatable bonds is 7. The fourth-order valence-corrected chi connectivity index (χ4v) is 2.74. The molecule has 3 aromatic rings. The number of hydrogen-bond donors (Lipinski definition) is 0. The van der Waals surface area contributed by atoms with Crippen molar-refractivity contribution in [2.75, 3.05) is 13.7 Å². The number of benzene rings is 1. The summed E-state index contributed by atoms with van der Waals surface area (Å²) in [5.74, 6) is 0.844. The normalized spacial score (nSPS) is 11.1. The number of ether oxygens (including phenoxy) is 1. The lowest BCUT2D eigenvalue weighted by Crippen LogP contribution is -2.01. The Hall–Kier alpha value is -2.08. The number of hydrogen-bond acceptors (Lipinski definition) is 4. The van der Waals surface area contributed by atoms with Crippen LogP contribution in [0.4, 0.5) is 0 Å². The Balaban J connectivity index is 1.83. The van der Waals surface area contributed by atoms with Crippen LogP contribution in [0.15, 0.2) is 42.7 Å². The van der Waals surface area contributed by atoms with Crippen LogP contribution in [0.1, 0.15) is 18.1 Å². The Bertz CT molecular complexity index is 815. The Morgan fingerprint density at radius 1 is 1.12 bits per heavy atom. The molecule has 0 atom stereocenters. The van der Waals surface area contributed by atoms with Crippen LogP contribution < -0.4 is 4.74 Å². The molecule has 6 heteroatoms. The summed E-state index contributed by atoms with van der Waals surface area (Å²) in [6.45, 7) is 3.35. The molecule has 0 saturated carbocycles. The Labute approximate surface area is 145 Å². The minimum atomic E-state index is 0.277. The van der Waals surface area contributed by atoms with Gasteiger partial charge in [-0.05, 0) is 30.7 Å². The summed E-state index contributed by atoms with van der Waals surface area (Å²) in [5.41, 5.74) is 2.81. The first-order valence-electron chi connectivity index (χ1n) is 7.72. The summed E-state index contributed by atoms with van der Waals surface area (Å²) >= 11 is 6.47. The summed E-state index contributed by atoms with van der Waals surface area (Å²) in [6.07, 6.45) is 3.72. The fraction of sp³-hybridized carbons (Fsp3) is 0.278. The highest BCUT2D eigenvalue weighted by Gasteiger charge is 2.11. The van der Waals surface area contributed by atoms with Crippen LogP contribution in [0.25, 0.3) is 11.0 Å². The van der Waals surface area contributed by atoms with Gasteiger partial charge in [0.25, 0.3) is 0 Å². The molecular weight excluding hydrogens is 328 g/mol. The molecule has 0 bridgehead atoms. The van der Waals surface area contributed by atoms with Crippen molar-refractivity contribution in [3.8, 4) is 5.75 Å². The van der Waals surface area contributed by atoms with Crippen molar-refractivity contribution in [1.29, 1.82) is 0 Å². The number of fused-ring (bicyclic) bond motifs is 1. The molecule has 24 heavy (non-hydrogen) atoms. The van der Waals surface area contributed by atoms with E-state index >= 15 is 0 Å². The third kappa shape index (κ3) is 3.53. The van der Waals surface area contributed by atoms with Crippen LogP contribution in [0.5, 0.6) is 5.75 Å². The first-order chi connectivity index (χ1) is 11.7. The van der Waals surface area contributed by atoms with E-state index in [1.807, 2.05) is 43.5 Å². The van der Waals surface area contributed by atoms with Crippen LogP contribution in [-0.2, 0) is 22.9 Å². The fourth-order valence-electron chi connectivity index (χ4n) is 2.49. The maximum Gasteiger partial charge on any atom is 0.141 e. The van der Waals surface area contributed by atoms with Crippen LogP contribution in [0.2, 0.25) is 5.02 Å². The molecule has 0 saturated heterocycles. The summed E-state index contributed by atoms with van der Waals surface area (Å²) in [4.78, 5) is 14.5. The standard InChI is InChI=1S/C18H19ClN2O3/c1-3-23-24-12-14-10-20-18-16(17(14)19)8-9-21(18)11-13-4-6-15(22-2)7-5-13/h4-10H,3,11-12H2,1-2H3. The second kappa shape index (κ2) is 7.66. The molecule has 0 aliphatic carbocycles. The number of aromatic nitrogens is 2. The van der Waals surface area contributed by atoms with Gasteiger partial charge in [0.1, 0.15) is 18.0 Å². The van der Waals surface area contributed by atoms with E-state index in [9.17, 15) is 0 Å². The van der Waals surface area contributed by atoms with Crippen molar-refractivity contribution in [3.63, 3.8) is 0 Å². The molecule has 0 radical (unpaired) electrons. The van der Waals surface area contributed by atoms with Gasteiger partial charge >= 0.3 is 0 Å². The van der Waals surface area contributed by atoms with Crippen molar-refractivity contribution in [2.24, 2.45) is 0 Å². The minimum absolute atomic E-state index is 0.277. The maximum atomic E-state index is 6.47. The molecule has 0 unspecified atom stereocenters. The van der Waals surface area contributed by atoms with Gasteiger partial charge in [0.15, 0.2) is 0 Å².